The lowest BCUT2D eigenvalue weighted by atomic mass is 9.81. The Labute approximate surface area is 120 Å². The second-order valence-corrected chi connectivity index (χ2v) is 5.65. The van der Waals surface area contributed by atoms with Crippen LogP contribution in [-0.2, 0) is 13.5 Å². The van der Waals surface area contributed by atoms with Crippen LogP contribution in [0, 0.1) is 6.92 Å². The number of fused-ring (bicyclic) bond motifs is 1. The summed E-state index contributed by atoms with van der Waals surface area (Å²) in [5.41, 5.74) is 4.98. The molecule has 0 aliphatic heterocycles. The summed E-state index contributed by atoms with van der Waals surface area (Å²) < 4.78 is 1.99. The summed E-state index contributed by atoms with van der Waals surface area (Å²) in [6.45, 7) is 2.04. The molecule has 1 aliphatic rings. The molecular weight excluding hydrogens is 248 g/mol. The minimum Gasteiger partial charge on any atom is -0.311 e. The van der Waals surface area contributed by atoms with Crippen LogP contribution >= 0.6 is 0 Å². The van der Waals surface area contributed by atoms with Crippen LogP contribution in [0.3, 0.4) is 0 Å². The van der Waals surface area contributed by atoms with E-state index in [0.717, 1.165) is 12.1 Å². The van der Waals surface area contributed by atoms with Crippen LogP contribution in [0.5, 0.6) is 0 Å². The van der Waals surface area contributed by atoms with Crippen molar-refractivity contribution in [3.05, 3.63) is 47.0 Å². The van der Waals surface area contributed by atoms with E-state index >= 15 is 0 Å². The number of nitrogens with one attached hydrogen (secondary N) is 1. The first kappa shape index (κ1) is 13.3. The average molecular weight is 270 g/mol. The van der Waals surface area contributed by atoms with Gasteiger partial charge >= 0.3 is 0 Å². The van der Waals surface area contributed by atoms with Crippen molar-refractivity contribution in [2.24, 2.45) is 7.05 Å². The number of likely N-dealkylation sites (N-methyl/N-ethyl adjacent to an activating group) is 1. The smallest absolute Gasteiger partial charge is 0.0597 e. The van der Waals surface area contributed by atoms with E-state index in [4.69, 9.17) is 0 Å². The van der Waals surface area contributed by atoms with Crippen LogP contribution in [0.2, 0.25) is 0 Å². The largest absolute Gasteiger partial charge is 0.311 e. The van der Waals surface area contributed by atoms with E-state index in [2.05, 4.69) is 27.5 Å². The first-order chi connectivity index (χ1) is 9.70. The van der Waals surface area contributed by atoms with Crippen molar-refractivity contribution in [3.63, 3.8) is 0 Å². The Balaban J connectivity index is 2.01. The monoisotopic (exact) mass is 270 g/mol. The van der Waals surface area contributed by atoms with Gasteiger partial charge in [0, 0.05) is 24.9 Å². The highest BCUT2D eigenvalue weighted by Gasteiger charge is 2.30. The van der Waals surface area contributed by atoms with Crippen LogP contribution < -0.4 is 5.32 Å². The second kappa shape index (κ2) is 5.37. The molecule has 0 saturated carbocycles. The predicted molar refractivity (Wildman–Crippen MR) is 79.7 cm³/mol. The number of aromatic nitrogens is 3. The van der Waals surface area contributed by atoms with Crippen LogP contribution in [0.4, 0.5) is 0 Å². The third kappa shape index (κ3) is 2.24. The van der Waals surface area contributed by atoms with Crippen molar-refractivity contribution < 1.29 is 0 Å². The van der Waals surface area contributed by atoms with Gasteiger partial charge < -0.3 is 5.32 Å². The van der Waals surface area contributed by atoms with Crippen molar-refractivity contribution >= 4 is 0 Å². The number of hydrogen-bond donors (Lipinski definition) is 1. The Morgan fingerprint density at radius 2 is 2.30 bits per heavy atom. The van der Waals surface area contributed by atoms with E-state index in [0.29, 0.717) is 5.92 Å². The quantitative estimate of drug-likeness (QED) is 0.932. The van der Waals surface area contributed by atoms with Gasteiger partial charge in [-0.05, 0) is 50.9 Å². The molecule has 0 bridgehead atoms. The van der Waals surface area contributed by atoms with Crippen LogP contribution in [0.25, 0.3) is 0 Å². The maximum absolute atomic E-state index is 4.66. The highest BCUT2D eigenvalue weighted by Crippen LogP contribution is 2.38. The molecule has 2 unspecified atom stereocenters. The van der Waals surface area contributed by atoms with Gasteiger partial charge in [0.25, 0.3) is 0 Å². The molecule has 20 heavy (non-hydrogen) atoms. The molecule has 0 aromatic carbocycles. The summed E-state index contributed by atoms with van der Waals surface area (Å²) in [6, 6.07) is 6.72. The van der Waals surface area contributed by atoms with Crippen LogP contribution in [-0.4, -0.2) is 21.8 Å². The Morgan fingerprint density at radius 3 is 3.00 bits per heavy atom. The Bertz CT molecular complexity index is 602. The topological polar surface area (TPSA) is 42.7 Å². The lowest BCUT2D eigenvalue weighted by molar-refractivity contribution is 0.397. The molecule has 3 rings (SSSR count). The lowest BCUT2D eigenvalue weighted by Crippen LogP contribution is -2.29. The summed E-state index contributed by atoms with van der Waals surface area (Å²) in [7, 11) is 4.05. The van der Waals surface area contributed by atoms with E-state index in [1.54, 1.807) is 0 Å². The van der Waals surface area contributed by atoms with Gasteiger partial charge in [0.15, 0.2) is 0 Å². The van der Waals surface area contributed by atoms with Gasteiger partial charge in [-0.2, -0.15) is 5.10 Å². The molecule has 2 aromatic heterocycles. The number of hydrogen-bond acceptors (Lipinski definition) is 3. The summed E-state index contributed by atoms with van der Waals surface area (Å²) in [6.07, 6.45) is 5.48. The van der Waals surface area contributed by atoms with Gasteiger partial charge in [-0.3, -0.25) is 9.67 Å². The number of nitrogens with zero attached hydrogens (tertiary/aromatic N) is 3. The first-order valence-corrected chi connectivity index (χ1v) is 7.32. The highest BCUT2D eigenvalue weighted by atomic mass is 15.3. The van der Waals surface area contributed by atoms with Gasteiger partial charge in [0.1, 0.15) is 0 Å². The van der Waals surface area contributed by atoms with Gasteiger partial charge in [-0.15, -0.1) is 0 Å². The van der Waals surface area contributed by atoms with Crippen LogP contribution in [0.15, 0.2) is 24.4 Å². The molecule has 106 valence electrons. The molecule has 4 nitrogen and oxygen atoms in total. The molecule has 0 amide bonds. The van der Waals surface area contributed by atoms with E-state index in [-0.39, 0.29) is 6.04 Å². The molecule has 2 atom stereocenters. The van der Waals surface area contributed by atoms with Crippen molar-refractivity contribution in [1.29, 1.82) is 0 Å². The SMILES string of the molecule is CNC(c1cc(C)nn1C)C1CCCc2cccnc21. The molecule has 1 N–H and O–H groups in total. The standard InChI is InChI=1S/C16H22N4/c1-11-10-14(20(3)19-11)16(17-2)13-8-4-6-12-7-5-9-18-15(12)13/h5,7,9-10,13,16-17H,4,6,8H2,1-3H3. The fourth-order valence-corrected chi connectivity index (χ4v) is 3.45. The zero-order valence-electron chi connectivity index (χ0n) is 12.4. The normalized spacial score (nSPS) is 19.6. The van der Waals surface area contributed by atoms with E-state index in [1.165, 1.54) is 29.8 Å². The molecule has 0 spiro atoms. The zero-order valence-corrected chi connectivity index (χ0v) is 12.4. The third-order valence-electron chi connectivity index (χ3n) is 4.31. The maximum Gasteiger partial charge on any atom is 0.0597 e. The molecule has 0 radical (unpaired) electrons. The molecular formula is C16H22N4. The Hall–Kier alpha value is -1.68. The Morgan fingerprint density at radius 1 is 1.45 bits per heavy atom. The Kier molecular flexibility index (Phi) is 3.57. The summed E-state index contributed by atoms with van der Waals surface area (Å²) in [5, 5.41) is 7.97. The van der Waals surface area contributed by atoms with Crippen molar-refractivity contribution in [1.82, 2.24) is 20.1 Å². The van der Waals surface area contributed by atoms with Gasteiger partial charge in [0.05, 0.1) is 17.4 Å². The molecule has 2 aromatic rings. The van der Waals surface area contributed by atoms with Crippen LogP contribution in [0.1, 0.15) is 47.4 Å². The minimum atomic E-state index is 0.273. The summed E-state index contributed by atoms with van der Waals surface area (Å²) >= 11 is 0. The van der Waals surface area contributed by atoms with Crippen molar-refractivity contribution in [3.8, 4) is 0 Å². The minimum absolute atomic E-state index is 0.273. The second-order valence-electron chi connectivity index (χ2n) is 5.65. The zero-order chi connectivity index (χ0) is 14.1. The fraction of sp³-hybridized carbons (Fsp3) is 0.500. The maximum atomic E-state index is 4.66. The van der Waals surface area contributed by atoms with Gasteiger partial charge in [-0.1, -0.05) is 6.07 Å². The summed E-state index contributed by atoms with van der Waals surface area (Å²) in [5.74, 6) is 0.430. The lowest BCUT2D eigenvalue weighted by Gasteiger charge is -2.31. The van der Waals surface area contributed by atoms with E-state index < -0.39 is 0 Å². The van der Waals surface area contributed by atoms with Gasteiger partial charge in [0.2, 0.25) is 0 Å². The van der Waals surface area contributed by atoms with Gasteiger partial charge in [-0.25, -0.2) is 0 Å². The van der Waals surface area contributed by atoms with Crippen molar-refractivity contribution in [2.75, 3.05) is 7.05 Å². The molecule has 1 aliphatic carbocycles. The molecule has 4 heteroatoms. The first-order valence-electron chi connectivity index (χ1n) is 7.32. The third-order valence-corrected chi connectivity index (χ3v) is 4.31. The number of pyridine rings is 1. The van der Waals surface area contributed by atoms with E-state index in [1.807, 2.05) is 38.0 Å². The molecule has 0 saturated heterocycles. The molecule has 0 fully saturated rings. The number of rotatable bonds is 3. The van der Waals surface area contributed by atoms with Crippen molar-refractivity contribution in [2.45, 2.75) is 38.1 Å². The average Bonchev–Trinajstić information content (AvgIpc) is 2.79. The molecule has 2 heterocycles. The number of aryl methyl sites for hydroxylation is 3. The van der Waals surface area contributed by atoms with E-state index in [9.17, 15) is 0 Å². The summed E-state index contributed by atoms with van der Waals surface area (Å²) in [4.78, 5) is 4.66. The predicted octanol–water partition coefficient (Wildman–Crippen LogP) is 2.50. The highest BCUT2D eigenvalue weighted by molar-refractivity contribution is 5.30. The fourth-order valence-electron chi connectivity index (χ4n) is 3.45.